The highest BCUT2D eigenvalue weighted by molar-refractivity contribution is 4.91. The molecule has 0 bridgehead atoms. The Morgan fingerprint density at radius 1 is 1.19 bits per heavy atom. The van der Waals surface area contributed by atoms with E-state index in [1.54, 1.807) is 0 Å². The van der Waals surface area contributed by atoms with Crippen molar-refractivity contribution in [1.82, 2.24) is 4.90 Å². The molecule has 1 atom stereocenters. The average Bonchev–Trinajstić information content (AvgIpc) is 2.48. The standard InChI is InChI=1S/C14H28N2/c1-2-13-5-3-9-16(10-6-13)12-14(11-15)7-4-8-14/h13H,2-12,15H2,1H3. The Morgan fingerprint density at radius 2 is 2.00 bits per heavy atom. The highest BCUT2D eigenvalue weighted by Crippen LogP contribution is 2.41. The van der Waals surface area contributed by atoms with Crippen LogP contribution in [-0.2, 0) is 0 Å². The van der Waals surface area contributed by atoms with Gasteiger partial charge in [0.15, 0.2) is 0 Å². The summed E-state index contributed by atoms with van der Waals surface area (Å²) in [6.07, 6.45) is 9.78. The molecule has 0 aromatic heterocycles. The molecule has 2 rings (SSSR count). The van der Waals surface area contributed by atoms with E-state index in [1.165, 1.54) is 64.6 Å². The number of hydrogen-bond acceptors (Lipinski definition) is 2. The van der Waals surface area contributed by atoms with Crippen molar-refractivity contribution in [1.29, 1.82) is 0 Å². The summed E-state index contributed by atoms with van der Waals surface area (Å²) in [7, 11) is 0. The summed E-state index contributed by atoms with van der Waals surface area (Å²) in [6, 6.07) is 0. The van der Waals surface area contributed by atoms with Crippen molar-refractivity contribution in [2.75, 3.05) is 26.2 Å². The monoisotopic (exact) mass is 224 g/mol. The van der Waals surface area contributed by atoms with Gasteiger partial charge in [0.1, 0.15) is 0 Å². The summed E-state index contributed by atoms with van der Waals surface area (Å²) >= 11 is 0. The molecule has 2 heteroatoms. The SMILES string of the molecule is CCC1CCCN(CC2(CN)CCC2)CC1. The highest BCUT2D eigenvalue weighted by atomic mass is 15.1. The molecule has 16 heavy (non-hydrogen) atoms. The smallest absolute Gasteiger partial charge is 0.00501 e. The minimum absolute atomic E-state index is 0.506. The first-order valence-electron chi connectivity index (χ1n) is 7.20. The molecule has 1 aliphatic carbocycles. The summed E-state index contributed by atoms with van der Waals surface area (Å²) in [4.78, 5) is 2.70. The molecule has 0 amide bonds. The quantitative estimate of drug-likeness (QED) is 0.795. The fourth-order valence-corrected chi connectivity index (χ4v) is 3.37. The van der Waals surface area contributed by atoms with Gasteiger partial charge >= 0.3 is 0 Å². The third-order valence-corrected chi connectivity index (χ3v) is 4.92. The number of nitrogens with zero attached hydrogens (tertiary/aromatic N) is 1. The van der Waals surface area contributed by atoms with E-state index >= 15 is 0 Å². The first-order chi connectivity index (χ1) is 7.78. The van der Waals surface area contributed by atoms with Crippen LogP contribution in [-0.4, -0.2) is 31.1 Å². The Labute approximate surface area is 101 Å². The summed E-state index contributed by atoms with van der Waals surface area (Å²) in [6.45, 7) is 7.16. The van der Waals surface area contributed by atoms with Crippen molar-refractivity contribution in [3.63, 3.8) is 0 Å². The number of nitrogens with two attached hydrogens (primary N) is 1. The van der Waals surface area contributed by atoms with Crippen molar-refractivity contribution >= 4 is 0 Å². The average molecular weight is 224 g/mol. The fraction of sp³-hybridized carbons (Fsp3) is 1.00. The zero-order valence-corrected chi connectivity index (χ0v) is 10.9. The van der Waals surface area contributed by atoms with Gasteiger partial charge in [-0.2, -0.15) is 0 Å². The van der Waals surface area contributed by atoms with Crippen LogP contribution < -0.4 is 5.73 Å². The Balaban J connectivity index is 1.81. The molecule has 0 aromatic rings. The van der Waals surface area contributed by atoms with Gasteiger partial charge in [-0.25, -0.2) is 0 Å². The summed E-state index contributed by atoms with van der Waals surface area (Å²) < 4.78 is 0. The molecule has 94 valence electrons. The maximum atomic E-state index is 5.95. The maximum Gasteiger partial charge on any atom is 0.00501 e. The molecule has 2 fully saturated rings. The third-order valence-electron chi connectivity index (χ3n) is 4.92. The lowest BCUT2D eigenvalue weighted by Crippen LogP contribution is -2.47. The van der Waals surface area contributed by atoms with Crippen LogP contribution in [0.1, 0.15) is 51.9 Å². The minimum Gasteiger partial charge on any atom is -0.330 e. The second kappa shape index (κ2) is 5.50. The zero-order chi connectivity index (χ0) is 11.4. The molecule has 1 saturated carbocycles. The molecule has 0 radical (unpaired) electrons. The molecule has 2 N–H and O–H groups in total. The van der Waals surface area contributed by atoms with Crippen molar-refractivity contribution < 1.29 is 0 Å². The van der Waals surface area contributed by atoms with E-state index in [0.29, 0.717) is 5.41 Å². The summed E-state index contributed by atoms with van der Waals surface area (Å²) in [5.74, 6) is 0.986. The highest BCUT2D eigenvalue weighted by Gasteiger charge is 2.37. The molecule has 0 spiro atoms. The Hall–Kier alpha value is -0.0800. The molecule has 1 unspecified atom stereocenters. The van der Waals surface area contributed by atoms with Crippen LogP contribution in [0.25, 0.3) is 0 Å². The van der Waals surface area contributed by atoms with Crippen LogP contribution in [0.15, 0.2) is 0 Å². The maximum absolute atomic E-state index is 5.95. The lowest BCUT2D eigenvalue weighted by atomic mass is 9.68. The molecule has 2 aliphatic rings. The predicted molar refractivity (Wildman–Crippen MR) is 69.4 cm³/mol. The molecule has 0 aromatic carbocycles. The second-order valence-electron chi connectivity index (χ2n) is 6.04. The Morgan fingerprint density at radius 3 is 2.56 bits per heavy atom. The van der Waals surface area contributed by atoms with Crippen LogP contribution in [0, 0.1) is 11.3 Å². The van der Waals surface area contributed by atoms with Gasteiger partial charge in [-0.3, -0.25) is 0 Å². The van der Waals surface area contributed by atoms with Gasteiger partial charge in [-0.1, -0.05) is 19.8 Å². The van der Waals surface area contributed by atoms with Crippen LogP contribution in [0.4, 0.5) is 0 Å². The van der Waals surface area contributed by atoms with Crippen LogP contribution in [0.3, 0.4) is 0 Å². The Kier molecular flexibility index (Phi) is 4.26. The summed E-state index contributed by atoms with van der Waals surface area (Å²) in [5, 5.41) is 0. The van der Waals surface area contributed by atoms with Gasteiger partial charge < -0.3 is 10.6 Å². The lowest BCUT2D eigenvalue weighted by Gasteiger charge is -2.44. The normalized spacial score (nSPS) is 30.8. The van der Waals surface area contributed by atoms with Gasteiger partial charge in [0.2, 0.25) is 0 Å². The van der Waals surface area contributed by atoms with Gasteiger partial charge in [0, 0.05) is 6.54 Å². The van der Waals surface area contributed by atoms with E-state index in [9.17, 15) is 0 Å². The fourth-order valence-electron chi connectivity index (χ4n) is 3.37. The zero-order valence-electron chi connectivity index (χ0n) is 10.9. The number of likely N-dealkylation sites (tertiary alicyclic amines) is 1. The van der Waals surface area contributed by atoms with E-state index < -0.39 is 0 Å². The molecular weight excluding hydrogens is 196 g/mol. The number of hydrogen-bond donors (Lipinski definition) is 1. The minimum atomic E-state index is 0.506. The molecule has 1 heterocycles. The Bertz CT molecular complexity index is 205. The van der Waals surface area contributed by atoms with Crippen LogP contribution in [0.2, 0.25) is 0 Å². The van der Waals surface area contributed by atoms with Crippen LogP contribution in [0.5, 0.6) is 0 Å². The van der Waals surface area contributed by atoms with Gasteiger partial charge in [0.25, 0.3) is 0 Å². The summed E-state index contributed by atoms with van der Waals surface area (Å²) in [5.41, 5.74) is 6.46. The van der Waals surface area contributed by atoms with Crippen molar-refractivity contribution in [2.45, 2.75) is 51.9 Å². The van der Waals surface area contributed by atoms with Gasteiger partial charge in [-0.15, -0.1) is 0 Å². The van der Waals surface area contributed by atoms with E-state index in [-0.39, 0.29) is 0 Å². The topological polar surface area (TPSA) is 29.3 Å². The van der Waals surface area contributed by atoms with E-state index in [2.05, 4.69) is 11.8 Å². The van der Waals surface area contributed by atoms with E-state index in [4.69, 9.17) is 5.73 Å². The van der Waals surface area contributed by atoms with Gasteiger partial charge in [0.05, 0.1) is 0 Å². The van der Waals surface area contributed by atoms with Crippen LogP contribution >= 0.6 is 0 Å². The largest absolute Gasteiger partial charge is 0.330 e. The molecular formula is C14H28N2. The van der Waals surface area contributed by atoms with Gasteiger partial charge in [-0.05, 0) is 63.1 Å². The molecule has 1 saturated heterocycles. The molecule has 2 nitrogen and oxygen atoms in total. The predicted octanol–water partition coefficient (Wildman–Crippen LogP) is 2.63. The van der Waals surface area contributed by atoms with E-state index in [1.807, 2.05) is 0 Å². The van der Waals surface area contributed by atoms with E-state index in [0.717, 1.165) is 12.5 Å². The first kappa shape index (κ1) is 12.4. The van der Waals surface area contributed by atoms with Crippen molar-refractivity contribution in [2.24, 2.45) is 17.1 Å². The third kappa shape index (κ3) is 2.78. The van der Waals surface area contributed by atoms with Crippen molar-refractivity contribution in [3.8, 4) is 0 Å². The molecule has 1 aliphatic heterocycles. The second-order valence-corrected chi connectivity index (χ2v) is 6.04. The van der Waals surface area contributed by atoms with Crippen molar-refractivity contribution in [3.05, 3.63) is 0 Å². The first-order valence-corrected chi connectivity index (χ1v) is 7.20. The lowest BCUT2D eigenvalue weighted by molar-refractivity contribution is 0.0759. The number of rotatable bonds is 4.